The summed E-state index contributed by atoms with van der Waals surface area (Å²) < 4.78 is 5.23. The van der Waals surface area contributed by atoms with Crippen molar-refractivity contribution in [3.8, 4) is 17.0 Å². The Kier molecular flexibility index (Phi) is 4.50. The summed E-state index contributed by atoms with van der Waals surface area (Å²) in [6.45, 7) is 4.23. The molecule has 1 atom stereocenters. The number of hydrogen-bond acceptors (Lipinski definition) is 4. The summed E-state index contributed by atoms with van der Waals surface area (Å²) >= 11 is 0. The molecular formula is C22H22N4O. The van der Waals surface area contributed by atoms with Crippen molar-refractivity contribution in [3.63, 3.8) is 0 Å². The molecule has 0 aliphatic heterocycles. The Labute approximate surface area is 158 Å². The number of H-pyrrole nitrogens is 1. The molecule has 136 valence electrons. The molecule has 4 rings (SSSR count). The molecule has 0 saturated heterocycles. The maximum Gasteiger partial charge on any atom is 0.143 e. The summed E-state index contributed by atoms with van der Waals surface area (Å²) in [5.41, 5.74) is 5.36. The first-order valence-electron chi connectivity index (χ1n) is 8.95. The molecule has 2 heterocycles. The lowest BCUT2D eigenvalue weighted by Crippen LogP contribution is -2.08. The standard InChI is InChI=1S/C22H22N4O/c1-14-4-6-16(7-5-14)15(2)25-21-19-12-20(26-22(19)24-13-23-21)17-8-10-18(27-3)11-9-17/h4-13,15H,1-3H3,(H2,23,24,25,26)/t15-/m1/s1. The maximum atomic E-state index is 5.23. The number of fused-ring (bicyclic) bond motifs is 1. The van der Waals surface area contributed by atoms with E-state index in [0.717, 1.165) is 33.9 Å². The Balaban J connectivity index is 1.65. The van der Waals surface area contributed by atoms with Gasteiger partial charge in [0, 0.05) is 11.7 Å². The number of aryl methyl sites for hydroxylation is 1. The van der Waals surface area contributed by atoms with Crippen molar-refractivity contribution in [3.05, 3.63) is 72.1 Å². The van der Waals surface area contributed by atoms with Gasteiger partial charge in [-0.05, 0) is 55.3 Å². The van der Waals surface area contributed by atoms with Gasteiger partial charge in [-0.2, -0.15) is 0 Å². The van der Waals surface area contributed by atoms with E-state index in [0.29, 0.717) is 0 Å². The molecule has 0 aliphatic rings. The second kappa shape index (κ2) is 7.11. The van der Waals surface area contributed by atoms with Crippen molar-refractivity contribution in [2.75, 3.05) is 12.4 Å². The fraction of sp³-hybridized carbons (Fsp3) is 0.182. The molecule has 0 saturated carbocycles. The fourth-order valence-electron chi connectivity index (χ4n) is 3.12. The maximum absolute atomic E-state index is 5.23. The first kappa shape index (κ1) is 17.1. The first-order valence-corrected chi connectivity index (χ1v) is 8.95. The summed E-state index contributed by atoms with van der Waals surface area (Å²) in [7, 11) is 1.67. The highest BCUT2D eigenvalue weighted by Crippen LogP contribution is 2.29. The molecule has 2 N–H and O–H groups in total. The molecule has 0 radical (unpaired) electrons. The molecule has 0 amide bonds. The summed E-state index contributed by atoms with van der Waals surface area (Å²) in [6, 6.07) is 18.7. The Morgan fingerprint density at radius 3 is 2.44 bits per heavy atom. The third-order valence-corrected chi connectivity index (χ3v) is 4.76. The fourth-order valence-corrected chi connectivity index (χ4v) is 3.12. The van der Waals surface area contributed by atoms with Crippen molar-refractivity contribution in [1.29, 1.82) is 0 Å². The average molecular weight is 358 g/mol. The van der Waals surface area contributed by atoms with E-state index in [2.05, 4.69) is 64.4 Å². The zero-order valence-electron chi connectivity index (χ0n) is 15.7. The summed E-state index contributed by atoms with van der Waals surface area (Å²) in [4.78, 5) is 12.2. The Morgan fingerprint density at radius 1 is 1.00 bits per heavy atom. The number of aromatic nitrogens is 3. The van der Waals surface area contributed by atoms with Crippen LogP contribution in [-0.4, -0.2) is 22.1 Å². The van der Waals surface area contributed by atoms with Gasteiger partial charge in [0.15, 0.2) is 0 Å². The molecule has 0 fully saturated rings. The van der Waals surface area contributed by atoms with E-state index in [1.165, 1.54) is 11.1 Å². The molecule has 0 unspecified atom stereocenters. The molecule has 0 aliphatic carbocycles. The second-order valence-electron chi connectivity index (χ2n) is 6.67. The Bertz CT molecular complexity index is 1050. The van der Waals surface area contributed by atoms with Crippen LogP contribution in [0.3, 0.4) is 0 Å². The van der Waals surface area contributed by atoms with Crippen molar-refractivity contribution in [2.24, 2.45) is 0 Å². The molecule has 5 heteroatoms. The Morgan fingerprint density at radius 2 is 1.74 bits per heavy atom. The minimum Gasteiger partial charge on any atom is -0.497 e. The number of nitrogens with zero attached hydrogens (tertiary/aromatic N) is 2. The van der Waals surface area contributed by atoms with Crippen molar-refractivity contribution < 1.29 is 4.74 Å². The van der Waals surface area contributed by atoms with Crippen LogP contribution in [0.4, 0.5) is 5.82 Å². The summed E-state index contributed by atoms with van der Waals surface area (Å²) in [5.74, 6) is 1.66. The smallest absolute Gasteiger partial charge is 0.143 e. The van der Waals surface area contributed by atoms with E-state index in [-0.39, 0.29) is 6.04 Å². The lowest BCUT2D eigenvalue weighted by atomic mass is 10.1. The average Bonchev–Trinajstić information content (AvgIpc) is 3.14. The predicted octanol–water partition coefficient (Wildman–Crippen LogP) is 5.12. The number of hydrogen-bond donors (Lipinski definition) is 2. The minimum atomic E-state index is 0.142. The van der Waals surface area contributed by atoms with E-state index in [1.54, 1.807) is 13.4 Å². The highest BCUT2D eigenvalue weighted by atomic mass is 16.5. The molecule has 4 aromatic rings. The van der Waals surface area contributed by atoms with Crippen LogP contribution in [0.5, 0.6) is 5.75 Å². The van der Waals surface area contributed by atoms with E-state index >= 15 is 0 Å². The van der Waals surface area contributed by atoms with E-state index in [1.807, 2.05) is 24.3 Å². The quantitative estimate of drug-likeness (QED) is 0.520. The zero-order chi connectivity index (χ0) is 18.8. The molecule has 0 bridgehead atoms. The number of aromatic amines is 1. The molecule has 27 heavy (non-hydrogen) atoms. The number of ether oxygens (including phenoxy) is 1. The lowest BCUT2D eigenvalue weighted by molar-refractivity contribution is 0.415. The molecule has 0 spiro atoms. The molecule has 5 nitrogen and oxygen atoms in total. The van der Waals surface area contributed by atoms with Crippen LogP contribution in [0, 0.1) is 6.92 Å². The van der Waals surface area contributed by atoms with Gasteiger partial charge in [-0.25, -0.2) is 9.97 Å². The van der Waals surface area contributed by atoms with Crippen LogP contribution in [-0.2, 0) is 0 Å². The van der Waals surface area contributed by atoms with Gasteiger partial charge in [0.2, 0.25) is 0 Å². The van der Waals surface area contributed by atoms with E-state index < -0.39 is 0 Å². The highest BCUT2D eigenvalue weighted by molar-refractivity contribution is 5.91. The topological polar surface area (TPSA) is 62.8 Å². The third kappa shape index (κ3) is 3.49. The first-order chi connectivity index (χ1) is 13.1. The number of nitrogens with one attached hydrogen (secondary N) is 2. The summed E-state index contributed by atoms with van der Waals surface area (Å²) in [5, 5.41) is 4.49. The van der Waals surface area contributed by atoms with Crippen molar-refractivity contribution in [1.82, 2.24) is 15.0 Å². The number of anilines is 1. The lowest BCUT2D eigenvalue weighted by Gasteiger charge is -2.15. The third-order valence-electron chi connectivity index (χ3n) is 4.76. The number of benzene rings is 2. The zero-order valence-corrected chi connectivity index (χ0v) is 15.7. The highest BCUT2D eigenvalue weighted by Gasteiger charge is 2.12. The minimum absolute atomic E-state index is 0.142. The van der Waals surface area contributed by atoms with E-state index in [4.69, 9.17) is 4.74 Å². The van der Waals surface area contributed by atoms with Gasteiger partial charge in [-0.1, -0.05) is 29.8 Å². The predicted molar refractivity (Wildman–Crippen MR) is 109 cm³/mol. The van der Waals surface area contributed by atoms with Crippen LogP contribution in [0.2, 0.25) is 0 Å². The monoisotopic (exact) mass is 358 g/mol. The van der Waals surface area contributed by atoms with Gasteiger partial charge in [0.05, 0.1) is 12.5 Å². The van der Waals surface area contributed by atoms with Gasteiger partial charge in [0.1, 0.15) is 23.5 Å². The summed E-state index contributed by atoms with van der Waals surface area (Å²) in [6.07, 6.45) is 1.58. The van der Waals surface area contributed by atoms with Crippen molar-refractivity contribution in [2.45, 2.75) is 19.9 Å². The molecule has 2 aromatic heterocycles. The number of rotatable bonds is 5. The van der Waals surface area contributed by atoms with Crippen LogP contribution in [0.25, 0.3) is 22.3 Å². The van der Waals surface area contributed by atoms with Gasteiger partial charge in [-0.3, -0.25) is 0 Å². The van der Waals surface area contributed by atoms with Crippen molar-refractivity contribution >= 4 is 16.9 Å². The van der Waals surface area contributed by atoms with Gasteiger partial charge in [-0.15, -0.1) is 0 Å². The van der Waals surface area contributed by atoms with Crippen LogP contribution >= 0.6 is 0 Å². The van der Waals surface area contributed by atoms with Gasteiger partial charge in [0.25, 0.3) is 0 Å². The number of methoxy groups -OCH3 is 1. The van der Waals surface area contributed by atoms with E-state index in [9.17, 15) is 0 Å². The molecular weight excluding hydrogens is 336 g/mol. The van der Waals surface area contributed by atoms with Crippen LogP contribution in [0.15, 0.2) is 60.9 Å². The Hall–Kier alpha value is -3.34. The van der Waals surface area contributed by atoms with Gasteiger partial charge >= 0.3 is 0 Å². The normalized spacial score (nSPS) is 12.1. The van der Waals surface area contributed by atoms with Gasteiger partial charge < -0.3 is 15.0 Å². The SMILES string of the molecule is COc1ccc(-c2cc3c(N[C@H](C)c4ccc(C)cc4)ncnc3[nH]2)cc1. The van der Waals surface area contributed by atoms with Crippen LogP contribution in [0.1, 0.15) is 24.1 Å². The molecule has 2 aromatic carbocycles. The largest absolute Gasteiger partial charge is 0.497 e. The second-order valence-corrected chi connectivity index (χ2v) is 6.67. The van der Waals surface area contributed by atoms with Crippen LogP contribution < -0.4 is 10.1 Å².